The number of benzene rings is 1. The van der Waals surface area contributed by atoms with Crippen LogP contribution >= 0.6 is 0 Å². The first-order chi connectivity index (χ1) is 5.27. The van der Waals surface area contributed by atoms with Crippen LogP contribution in [0.3, 0.4) is 0 Å². The Hall–Kier alpha value is -1.31. The highest BCUT2D eigenvalue weighted by Crippen LogP contribution is 2.15. The molecule has 1 aromatic carbocycles. The van der Waals surface area contributed by atoms with E-state index in [2.05, 4.69) is 42.3 Å². The highest BCUT2D eigenvalue weighted by molar-refractivity contribution is 5.78. The molecule has 0 aliphatic heterocycles. The van der Waals surface area contributed by atoms with Crippen molar-refractivity contribution in [2.75, 3.05) is 0 Å². The molecule has 2 aromatic rings. The zero-order valence-electron chi connectivity index (χ0n) is 6.60. The molecule has 1 heterocycles. The highest BCUT2D eigenvalue weighted by atomic mass is 14.9. The molecule has 55 valence electrons. The van der Waals surface area contributed by atoms with Crippen LogP contribution in [0.15, 0.2) is 12.1 Å². The lowest BCUT2D eigenvalue weighted by atomic mass is 10.1. The molecule has 0 saturated heterocycles. The van der Waals surface area contributed by atoms with Crippen LogP contribution in [0.5, 0.6) is 0 Å². The number of hydrogen-bond acceptors (Lipinski definition) is 1. The fraction of sp³-hybridized carbons (Fsp3) is 0.222. The van der Waals surface area contributed by atoms with E-state index < -0.39 is 0 Å². The lowest BCUT2D eigenvalue weighted by Gasteiger charge is -1.96. The predicted octanol–water partition coefficient (Wildman–Crippen LogP) is 1.98. The molecule has 0 bridgehead atoms. The van der Waals surface area contributed by atoms with Gasteiger partial charge in [0, 0.05) is 0 Å². The maximum Gasteiger partial charge on any atom is 0.174 e. The number of imidazole rings is 1. The van der Waals surface area contributed by atoms with Crippen molar-refractivity contribution in [3.05, 3.63) is 29.6 Å². The fourth-order valence-electron chi connectivity index (χ4n) is 1.35. The van der Waals surface area contributed by atoms with Crippen LogP contribution in [0, 0.1) is 20.2 Å². The first-order valence-electron chi connectivity index (χ1n) is 3.60. The van der Waals surface area contributed by atoms with Gasteiger partial charge in [0.1, 0.15) is 0 Å². The Morgan fingerprint density at radius 2 is 2.18 bits per heavy atom. The van der Waals surface area contributed by atoms with E-state index in [-0.39, 0.29) is 0 Å². The molecule has 0 saturated carbocycles. The van der Waals surface area contributed by atoms with Crippen molar-refractivity contribution in [3.8, 4) is 0 Å². The standard InChI is InChI=1S/C9H9N2/c1-6-3-7(2)9-8(4-6)10-5-11-9/h3-4H,1-2H3,(H,10,11). The molecule has 0 spiro atoms. The smallest absolute Gasteiger partial charge is 0.174 e. The minimum atomic E-state index is 1.02. The summed E-state index contributed by atoms with van der Waals surface area (Å²) in [6, 6.07) is 4.20. The van der Waals surface area contributed by atoms with Gasteiger partial charge in [-0.05, 0) is 31.0 Å². The number of hydrogen-bond donors (Lipinski definition) is 1. The molecular formula is C9H9N2. The summed E-state index contributed by atoms with van der Waals surface area (Å²) >= 11 is 0. The third-order valence-electron chi connectivity index (χ3n) is 1.80. The SMILES string of the molecule is Cc1cc(C)c2n[c][nH]c2c1. The van der Waals surface area contributed by atoms with Gasteiger partial charge in [0.2, 0.25) is 0 Å². The molecule has 2 heteroatoms. The number of rotatable bonds is 0. The van der Waals surface area contributed by atoms with E-state index in [1.165, 1.54) is 11.1 Å². The monoisotopic (exact) mass is 145 g/mol. The molecule has 0 aliphatic rings. The van der Waals surface area contributed by atoms with Crippen molar-refractivity contribution in [2.45, 2.75) is 13.8 Å². The molecule has 2 nitrogen and oxygen atoms in total. The van der Waals surface area contributed by atoms with E-state index >= 15 is 0 Å². The molecule has 0 fully saturated rings. The Balaban J connectivity index is 2.91. The summed E-state index contributed by atoms with van der Waals surface area (Å²) in [7, 11) is 0. The molecule has 0 amide bonds. The quantitative estimate of drug-likeness (QED) is 0.603. The maximum absolute atomic E-state index is 4.08. The molecule has 1 aromatic heterocycles. The van der Waals surface area contributed by atoms with Gasteiger partial charge in [0.25, 0.3) is 0 Å². The second-order valence-corrected chi connectivity index (χ2v) is 2.83. The van der Waals surface area contributed by atoms with Gasteiger partial charge in [-0.1, -0.05) is 6.07 Å². The summed E-state index contributed by atoms with van der Waals surface area (Å²) in [6.45, 7) is 4.14. The molecular weight excluding hydrogens is 136 g/mol. The number of fused-ring (bicyclic) bond motifs is 1. The first kappa shape index (κ1) is 6.40. The van der Waals surface area contributed by atoms with Gasteiger partial charge in [-0.15, -0.1) is 0 Å². The summed E-state index contributed by atoms with van der Waals surface area (Å²) in [4.78, 5) is 7.04. The Labute approximate surface area is 65.3 Å². The topological polar surface area (TPSA) is 28.7 Å². The second-order valence-electron chi connectivity index (χ2n) is 2.83. The maximum atomic E-state index is 4.08. The van der Waals surface area contributed by atoms with Gasteiger partial charge in [0.05, 0.1) is 11.0 Å². The summed E-state index contributed by atoms with van der Waals surface area (Å²) in [5.74, 6) is 0. The first-order valence-corrected chi connectivity index (χ1v) is 3.60. The van der Waals surface area contributed by atoms with E-state index in [4.69, 9.17) is 0 Å². The molecule has 0 unspecified atom stereocenters. The van der Waals surface area contributed by atoms with Crippen LogP contribution in [0.1, 0.15) is 11.1 Å². The second kappa shape index (κ2) is 2.09. The number of nitrogens with zero attached hydrogens (tertiary/aromatic N) is 1. The summed E-state index contributed by atoms with van der Waals surface area (Å²) < 4.78 is 0. The van der Waals surface area contributed by atoms with Crippen molar-refractivity contribution in [1.82, 2.24) is 9.97 Å². The minimum absolute atomic E-state index is 1.02. The number of H-pyrrole nitrogens is 1. The van der Waals surface area contributed by atoms with E-state index in [1.807, 2.05) is 0 Å². The third kappa shape index (κ3) is 0.909. The Kier molecular flexibility index (Phi) is 1.22. The zero-order chi connectivity index (χ0) is 7.84. The van der Waals surface area contributed by atoms with Gasteiger partial charge >= 0.3 is 0 Å². The summed E-state index contributed by atoms with van der Waals surface area (Å²) in [6.07, 6.45) is 2.73. The van der Waals surface area contributed by atoms with Gasteiger partial charge in [0.15, 0.2) is 6.33 Å². The average Bonchev–Trinajstić information content (AvgIpc) is 2.34. The van der Waals surface area contributed by atoms with Gasteiger partial charge in [-0.3, -0.25) is 0 Å². The van der Waals surface area contributed by atoms with Crippen molar-refractivity contribution < 1.29 is 0 Å². The minimum Gasteiger partial charge on any atom is -0.335 e. The largest absolute Gasteiger partial charge is 0.335 e. The number of nitrogens with one attached hydrogen (secondary N) is 1. The Morgan fingerprint density at radius 3 is 3.00 bits per heavy atom. The molecule has 11 heavy (non-hydrogen) atoms. The summed E-state index contributed by atoms with van der Waals surface area (Å²) in [5, 5.41) is 0. The predicted molar refractivity (Wildman–Crippen MR) is 44.4 cm³/mol. The van der Waals surface area contributed by atoms with E-state index in [0.717, 1.165) is 11.0 Å². The van der Waals surface area contributed by atoms with E-state index in [9.17, 15) is 0 Å². The fourth-order valence-corrected chi connectivity index (χ4v) is 1.35. The number of aromatic amines is 1. The van der Waals surface area contributed by atoms with Crippen LogP contribution < -0.4 is 0 Å². The lowest BCUT2D eigenvalue weighted by molar-refractivity contribution is 1.31. The van der Waals surface area contributed by atoms with Crippen molar-refractivity contribution in [1.29, 1.82) is 0 Å². The molecule has 1 N–H and O–H groups in total. The highest BCUT2D eigenvalue weighted by Gasteiger charge is 1.99. The molecule has 0 atom stereocenters. The number of aromatic nitrogens is 2. The molecule has 0 aliphatic carbocycles. The van der Waals surface area contributed by atoms with Crippen molar-refractivity contribution in [2.24, 2.45) is 0 Å². The zero-order valence-corrected chi connectivity index (χ0v) is 6.60. The van der Waals surface area contributed by atoms with E-state index in [0.29, 0.717) is 0 Å². The van der Waals surface area contributed by atoms with Crippen molar-refractivity contribution >= 4 is 11.0 Å². The Morgan fingerprint density at radius 1 is 1.36 bits per heavy atom. The van der Waals surface area contributed by atoms with Gasteiger partial charge in [-0.25, -0.2) is 4.98 Å². The van der Waals surface area contributed by atoms with Crippen LogP contribution in [0.2, 0.25) is 0 Å². The van der Waals surface area contributed by atoms with Crippen LogP contribution in [-0.2, 0) is 0 Å². The van der Waals surface area contributed by atoms with Crippen LogP contribution in [0.4, 0.5) is 0 Å². The lowest BCUT2D eigenvalue weighted by Crippen LogP contribution is -1.79. The molecule has 2 rings (SSSR count). The summed E-state index contributed by atoms with van der Waals surface area (Å²) in [5.41, 5.74) is 4.56. The van der Waals surface area contributed by atoms with E-state index in [1.54, 1.807) is 0 Å². The third-order valence-corrected chi connectivity index (χ3v) is 1.80. The Bertz CT molecular complexity index is 387. The van der Waals surface area contributed by atoms with Gasteiger partial charge in [-0.2, -0.15) is 0 Å². The van der Waals surface area contributed by atoms with Gasteiger partial charge < -0.3 is 4.98 Å². The number of aryl methyl sites for hydroxylation is 2. The van der Waals surface area contributed by atoms with Crippen LogP contribution in [-0.4, -0.2) is 9.97 Å². The molecule has 1 radical (unpaired) electrons. The van der Waals surface area contributed by atoms with Crippen LogP contribution in [0.25, 0.3) is 11.0 Å². The normalized spacial score (nSPS) is 10.7. The average molecular weight is 145 g/mol. The van der Waals surface area contributed by atoms with Crippen molar-refractivity contribution in [3.63, 3.8) is 0 Å².